The summed E-state index contributed by atoms with van der Waals surface area (Å²) in [6.45, 7) is 8.52. The summed E-state index contributed by atoms with van der Waals surface area (Å²) >= 11 is 0. The molecule has 0 aromatic heterocycles. The Morgan fingerprint density at radius 2 is 2.20 bits per heavy atom. The number of allylic oxidation sites excluding steroid dienone is 1. The molecule has 2 radical (unpaired) electrons. The minimum Gasteiger partial charge on any atom is -0.405 e. The van der Waals surface area contributed by atoms with Gasteiger partial charge in [0.2, 0.25) is 0 Å². The molecule has 2 rings (SSSR count). The van der Waals surface area contributed by atoms with Crippen LogP contribution in [0.25, 0.3) is 0 Å². The number of ether oxygens (including phenoxy) is 2. The molecule has 0 spiro atoms. The standard InChI is InChI=1S/C16H22O3Si/c1-13(7-6-10-17-11-16-12-18-16)20-19-14(2)15-8-4-3-5-9-15/h3-5,8-9,14,16H,1,6-7,10-12H2,2H3. The van der Waals surface area contributed by atoms with Crippen molar-refractivity contribution in [1.82, 2.24) is 0 Å². The van der Waals surface area contributed by atoms with Crippen molar-refractivity contribution in [1.29, 1.82) is 0 Å². The fourth-order valence-corrected chi connectivity index (χ4v) is 2.54. The number of benzene rings is 1. The quantitative estimate of drug-likeness (QED) is 0.377. The van der Waals surface area contributed by atoms with Gasteiger partial charge in [-0.3, -0.25) is 0 Å². The summed E-state index contributed by atoms with van der Waals surface area (Å²) in [5.74, 6) is 0. The topological polar surface area (TPSA) is 31.0 Å². The SMILES string of the molecule is C=C(CCCOCC1CO1)[Si]OC(C)c1ccccc1. The second-order valence-electron chi connectivity index (χ2n) is 5.01. The van der Waals surface area contributed by atoms with Gasteiger partial charge in [0.1, 0.15) is 6.10 Å². The molecule has 1 aromatic carbocycles. The van der Waals surface area contributed by atoms with Crippen molar-refractivity contribution < 1.29 is 13.9 Å². The minimum absolute atomic E-state index is 0.120. The molecule has 4 heteroatoms. The molecule has 1 saturated heterocycles. The average Bonchev–Trinajstić information content (AvgIpc) is 3.29. The van der Waals surface area contributed by atoms with E-state index in [1.54, 1.807) is 0 Å². The van der Waals surface area contributed by atoms with Crippen LogP contribution in [0.3, 0.4) is 0 Å². The molecule has 2 atom stereocenters. The maximum atomic E-state index is 5.86. The van der Waals surface area contributed by atoms with Crippen molar-refractivity contribution in [3.05, 3.63) is 47.7 Å². The van der Waals surface area contributed by atoms with Gasteiger partial charge in [0.05, 0.1) is 19.3 Å². The van der Waals surface area contributed by atoms with Crippen LogP contribution in [0.1, 0.15) is 31.4 Å². The van der Waals surface area contributed by atoms with Crippen LogP contribution in [-0.2, 0) is 13.9 Å². The molecule has 1 heterocycles. The van der Waals surface area contributed by atoms with Crippen molar-refractivity contribution in [2.75, 3.05) is 19.8 Å². The van der Waals surface area contributed by atoms with Gasteiger partial charge in [-0.25, -0.2) is 0 Å². The third-order valence-corrected chi connectivity index (χ3v) is 4.13. The molecule has 3 nitrogen and oxygen atoms in total. The molecule has 0 bridgehead atoms. The third kappa shape index (κ3) is 6.01. The van der Waals surface area contributed by atoms with E-state index in [0.29, 0.717) is 15.9 Å². The van der Waals surface area contributed by atoms with Crippen LogP contribution in [0.5, 0.6) is 0 Å². The Balaban J connectivity index is 1.52. The Kier molecular flexibility index (Phi) is 6.46. The third-order valence-electron chi connectivity index (χ3n) is 3.12. The van der Waals surface area contributed by atoms with Gasteiger partial charge in [0.15, 0.2) is 0 Å². The molecule has 0 saturated carbocycles. The molecule has 20 heavy (non-hydrogen) atoms. The molecule has 1 aliphatic rings. The molecule has 108 valence electrons. The van der Waals surface area contributed by atoms with E-state index in [1.807, 2.05) is 18.2 Å². The molecular weight excluding hydrogens is 268 g/mol. The first-order valence-electron chi connectivity index (χ1n) is 7.09. The first-order chi connectivity index (χ1) is 9.75. The predicted octanol–water partition coefficient (Wildman–Crippen LogP) is 3.09. The van der Waals surface area contributed by atoms with Gasteiger partial charge in [-0.15, -0.1) is 6.58 Å². The van der Waals surface area contributed by atoms with Gasteiger partial charge >= 0.3 is 0 Å². The van der Waals surface area contributed by atoms with Crippen molar-refractivity contribution in [3.8, 4) is 0 Å². The van der Waals surface area contributed by atoms with Gasteiger partial charge in [-0.05, 0) is 25.3 Å². The first-order valence-corrected chi connectivity index (χ1v) is 8.00. The molecule has 2 unspecified atom stereocenters. The Bertz CT molecular complexity index is 403. The lowest BCUT2D eigenvalue weighted by Gasteiger charge is -2.13. The van der Waals surface area contributed by atoms with Crippen LogP contribution in [0, 0.1) is 0 Å². The van der Waals surface area contributed by atoms with Crippen LogP contribution in [0.2, 0.25) is 0 Å². The Hall–Kier alpha value is -0.943. The zero-order valence-corrected chi connectivity index (χ0v) is 13.0. The summed E-state index contributed by atoms with van der Waals surface area (Å²) in [6.07, 6.45) is 2.44. The van der Waals surface area contributed by atoms with E-state index in [1.165, 1.54) is 5.56 Å². The summed E-state index contributed by atoms with van der Waals surface area (Å²) in [5, 5.41) is 1.15. The van der Waals surface area contributed by atoms with Crippen LogP contribution >= 0.6 is 0 Å². The Morgan fingerprint density at radius 3 is 2.90 bits per heavy atom. The fraction of sp³-hybridized carbons (Fsp3) is 0.500. The highest BCUT2D eigenvalue weighted by molar-refractivity contribution is 6.37. The summed E-state index contributed by atoms with van der Waals surface area (Å²) in [6, 6.07) is 10.3. The molecule has 1 fully saturated rings. The average molecular weight is 290 g/mol. The van der Waals surface area contributed by atoms with Crippen molar-refractivity contribution in [2.24, 2.45) is 0 Å². The highest BCUT2D eigenvalue weighted by Crippen LogP contribution is 2.16. The van der Waals surface area contributed by atoms with E-state index in [2.05, 4.69) is 25.6 Å². The zero-order chi connectivity index (χ0) is 14.2. The van der Waals surface area contributed by atoms with E-state index in [0.717, 1.165) is 37.9 Å². The van der Waals surface area contributed by atoms with Crippen LogP contribution in [0.15, 0.2) is 42.1 Å². The van der Waals surface area contributed by atoms with Crippen molar-refractivity contribution in [3.63, 3.8) is 0 Å². The van der Waals surface area contributed by atoms with E-state index in [4.69, 9.17) is 13.9 Å². The minimum atomic E-state index is 0.120. The second kappa shape index (κ2) is 8.37. The summed E-state index contributed by atoms with van der Waals surface area (Å²) in [7, 11) is 0.357. The van der Waals surface area contributed by atoms with E-state index in [-0.39, 0.29) is 6.10 Å². The summed E-state index contributed by atoms with van der Waals surface area (Å²) < 4.78 is 16.4. The van der Waals surface area contributed by atoms with E-state index < -0.39 is 0 Å². The second-order valence-corrected chi connectivity index (χ2v) is 6.16. The monoisotopic (exact) mass is 290 g/mol. The fourth-order valence-electron chi connectivity index (χ4n) is 1.78. The van der Waals surface area contributed by atoms with E-state index in [9.17, 15) is 0 Å². The van der Waals surface area contributed by atoms with E-state index >= 15 is 0 Å². The van der Waals surface area contributed by atoms with Gasteiger partial charge in [-0.1, -0.05) is 35.5 Å². The molecule has 0 amide bonds. The van der Waals surface area contributed by atoms with Crippen LogP contribution in [-0.4, -0.2) is 35.7 Å². The molecular formula is C16H22O3Si. The Labute approximate surface area is 123 Å². The number of rotatable bonds is 10. The largest absolute Gasteiger partial charge is 0.405 e. The molecule has 1 aromatic rings. The van der Waals surface area contributed by atoms with Gasteiger partial charge in [-0.2, -0.15) is 0 Å². The summed E-state index contributed by atoms with van der Waals surface area (Å²) in [4.78, 5) is 0. The zero-order valence-electron chi connectivity index (χ0n) is 12.0. The number of hydrogen-bond donors (Lipinski definition) is 0. The molecule has 0 N–H and O–H groups in total. The molecule has 1 aliphatic heterocycles. The first kappa shape index (κ1) is 15.4. The van der Waals surface area contributed by atoms with Crippen molar-refractivity contribution >= 4 is 9.76 Å². The summed E-state index contributed by atoms with van der Waals surface area (Å²) in [5.41, 5.74) is 1.21. The van der Waals surface area contributed by atoms with Crippen LogP contribution < -0.4 is 0 Å². The maximum Gasteiger partial charge on any atom is 0.264 e. The lowest BCUT2D eigenvalue weighted by Crippen LogP contribution is -2.08. The lowest BCUT2D eigenvalue weighted by molar-refractivity contribution is 0.115. The predicted molar refractivity (Wildman–Crippen MR) is 80.6 cm³/mol. The Morgan fingerprint density at radius 1 is 1.45 bits per heavy atom. The lowest BCUT2D eigenvalue weighted by atomic mass is 10.1. The van der Waals surface area contributed by atoms with Gasteiger partial charge in [0, 0.05) is 6.61 Å². The highest BCUT2D eigenvalue weighted by Gasteiger charge is 2.21. The number of hydrogen-bond acceptors (Lipinski definition) is 3. The molecule has 0 aliphatic carbocycles. The van der Waals surface area contributed by atoms with Crippen LogP contribution in [0.4, 0.5) is 0 Å². The van der Waals surface area contributed by atoms with Crippen molar-refractivity contribution in [2.45, 2.75) is 32.0 Å². The normalized spacial score (nSPS) is 18.8. The van der Waals surface area contributed by atoms with Gasteiger partial charge in [0.25, 0.3) is 9.76 Å². The number of epoxide rings is 1. The smallest absolute Gasteiger partial charge is 0.264 e. The van der Waals surface area contributed by atoms with Gasteiger partial charge < -0.3 is 13.9 Å². The highest BCUT2D eigenvalue weighted by atomic mass is 28.2. The maximum absolute atomic E-state index is 5.86.